The van der Waals surface area contributed by atoms with E-state index in [1.54, 1.807) is 6.08 Å². The number of rotatable bonds is 7. The average molecular weight is 400 g/mol. The van der Waals surface area contributed by atoms with E-state index in [2.05, 4.69) is 41.2 Å². The molecule has 0 aliphatic carbocycles. The Morgan fingerprint density at radius 3 is 2.71 bits per heavy atom. The van der Waals surface area contributed by atoms with Gasteiger partial charge >= 0.3 is 0 Å². The fraction of sp³-hybridized carbons (Fsp3) is 0.455. The number of hydrogen-bond acceptors (Lipinski definition) is 5. The molecule has 3 rings (SSSR count). The van der Waals surface area contributed by atoms with Gasteiger partial charge in [0.15, 0.2) is 5.13 Å². The first-order chi connectivity index (χ1) is 13.5. The summed E-state index contributed by atoms with van der Waals surface area (Å²) in [7, 11) is 0. The number of amides is 1. The number of anilines is 1. The first-order valence-corrected chi connectivity index (χ1v) is 10.7. The number of morpholine rings is 1. The molecule has 1 fully saturated rings. The largest absolute Gasteiger partial charge is 0.373 e. The predicted octanol–water partition coefficient (Wildman–Crippen LogP) is 4.27. The van der Waals surface area contributed by atoms with Crippen LogP contribution in [0.3, 0.4) is 0 Å². The fourth-order valence-corrected chi connectivity index (χ4v) is 4.21. The van der Waals surface area contributed by atoms with Gasteiger partial charge in [0, 0.05) is 31.1 Å². The van der Waals surface area contributed by atoms with Crippen molar-refractivity contribution in [2.45, 2.75) is 52.4 Å². The maximum Gasteiger partial charge on any atom is 0.250 e. The molecule has 150 valence electrons. The van der Waals surface area contributed by atoms with Gasteiger partial charge in [0.05, 0.1) is 17.9 Å². The SMILES string of the molecule is C/C(=C/C(=O)Nc1nc(CN2CC(C)OC(C)C2)cs1)CCc1ccccc1. The molecule has 1 amide bonds. The van der Waals surface area contributed by atoms with Crippen molar-refractivity contribution in [2.75, 3.05) is 18.4 Å². The smallest absolute Gasteiger partial charge is 0.250 e. The molecule has 1 aliphatic rings. The lowest BCUT2D eigenvalue weighted by Gasteiger charge is -2.34. The van der Waals surface area contributed by atoms with Crippen molar-refractivity contribution in [3.63, 3.8) is 0 Å². The van der Waals surface area contributed by atoms with Crippen molar-refractivity contribution >= 4 is 22.4 Å². The van der Waals surface area contributed by atoms with Gasteiger partial charge in [0.1, 0.15) is 0 Å². The molecular formula is C22H29N3O2S. The van der Waals surface area contributed by atoms with Crippen LogP contribution < -0.4 is 5.32 Å². The van der Waals surface area contributed by atoms with E-state index in [9.17, 15) is 4.79 Å². The summed E-state index contributed by atoms with van der Waals surface area (Å²) in [6.45, 7) is 8.80. The number of hydrogen-bond donors (Lipinski definition) is 1. The topological polar surface area (TPSA) is 54.5 Å². The van der Waals surface area contributed by atoms with Gasteiger partial charge in [-0.1, -0.05) is 35.9 Å². The number of aryl methyl sites for hydroxylation is 1. The molecule has 2 heterocycles. The molecular weight excluding hydrogens is 370 g/mol. The van der Waals surface area contributed by atoms with Gasteiger partial charge in [-0.25, -0.2) is 4.98 Å². The summed E-state index contributed by atoms with van der Waals surface area (Å²) in [5.74, 6) is -0.111. The molecule has 0 bridgehead atoms. The maximum absolute atomic E-state index is 12.3. The van der Waals surface area contributed by atoms with Crippen molar-refractivity contribution in [1.29, 1.82) is 0 Å². The molecule has 0 saturated carbocycles. The molecule has 1 aliphatic heterocycles. The van der Waals surface area contributed by atoms with Crippen LogP contribution in [0.1, 0.15) is 38.4 Å². The number of ether oxygens (including phenoxy) is 1. The summed E-state index contributed by atoms with van der Waals surface area (Å²) in [5, 5.41) is 5.57. The summed E-state index contributed by atoms with van der Waals surface area (Å²) in [6, 6.07) is 10.3. The van der Waals surface area contributed by atoms with Crippen LogP contribution in [0.15, 0.2) is 47.4 Å². The third-order valence-corrected chi connectivity index (χ3v) is 5.50. The summed E-state index contributed by atoms with van der Waals surface area (Å²) in [6.07, 6.45) is 3.97. The Balaban J connectivity index is 1.48. The number of thiazole rings is 1. The normalized spacial score (nSPS) is 20.9. The average Bonchev–Trinajstić information content (AvgIpc) is 3.06. The second kappa shape index (κ2) is 9.96. The van der Waals surface area contributed by atoms with E-state index in [0.717, 1.165) is 43.7 Å². The van der Waals surface area contributed by atoms with E-state index in [4.69, 9.17) is 4.74 Å². The number of benzene rings is 1. The third kappa shape index (κ3) is 6.55. The van der Waals surface area contributed by atoms with E-state index in [1.165, 1.54) is 16.9 Å². The zero-order valence-electron chi connectivity index (χ0n) is 16.9. The van der Waals surface area contributed by atoms with Crippen LogP contribution >= 0.6 is 11.3 Å². The molecule has 0 spiro atoms. The highest BCUT2D eigenvalue weighted by Gasteiger charge is 2.22. The Bertz CT molecular complexity index is 793. The van der Waals surface area contributed by atoms with E-state index in [1.807, 2.05) is 30.5 Å². The Hall–Kier alpha value is -2.02. The molecule has 1 N–H and O–H groups in total. The predicted molar refractivity (Wildman–Crippen MR) is 115 cm³/mol. The molecule has 5 nitrogen and oxygen atoms in total. The number of carbonyl (C=O) groups excluding carboxylic acids is 1. The molecule has 1 aromatic heterocycles. The van der Waals surface area contributed by atoms with Crippen molar-refractivity contribution in [3.8, 4) is 0 Å². The molecule has 6 heteroatoms. The number of nitrogens with zero attached hydrogens (tertiary/aromatic N) is 2. The minimum absolute atomic E-state index is 0.111. The summed E-state index contributed by atoms with van der Waals surface area (Å²) in [5.41, 5.74) is 3.34. The summed E-state index contributed by atoms with van der Waals surface area (Å²) >= 11 is 1.48. The van der Waals surface area contributed by atoms with Crippen LogP contribution in [-0.2, 0) is 22.5 Å². The van der Waals surface area contributed by atoms with Gasteiger partial charge in [0.2, 0.25) is 5.91 Å². The van der Waals surface area contributed by atoms with Gasteiger partial charge < -0.3 is 4.74 Å². The van der Waals surface area contributed by atoms with Gasteiger partial charge in [-0.2, -0.15) is 0 Å². The van der Waals surface area contributed by atoms with E-state index < -0.39 is 0 Å². The Morgan fingerprint density at radius 1 is 1.29 bits per heavy atom. The highest BCUT2D eigenvalue weighted by atomic mass is 32.1. The monoisotopic (exact) mass is 399 g/mol. The molecule has 2 aromatic rings. The zero-order valence-corrected chi connectivity index (χ0v) is 17.7. The third-order valence-electron chi connectivity index (χ3n) is 4.69. The Labute approximate surface area is 171 Å². The Kier molecular flexibility index (Phi) is 7.36. The number of aromatic nitrogens is 1. The number of nitrogens with one attached hydrogen (secondary N) is 1. The fourth-order valence-electron chi connectivity index (χ4n) is 3.50. The maximum atomic E-state index is 12.3. The summed E-state index contributed by atoms with van der Waals surface area (Å²) < 4.78 is 5.77. The second-order valence-corrected chi connectivity index (χ2v) is 8.42. The van der Waals surface area contributed by atoms with Crippen molar-refractivity contribution < 1.29 is 9.53 Å². The molecule has 1 aromatic carbocycles. The summed E-state index contributed by atoms with van der Waals surface area (Å²) in [4.78, 5) is 19.2. The van der Waals surface area contributed by atoms with Crippen LogP contribution in [0.2, 0.25) is 0 Å². The standard InChI is InChI=1S/C22H29N3O2S/c1-16(9-10-19-7-5-4-6-8-19)11-21(26)24-22-23-20(15-28-22)14-25-12-17(2)27-18(3)13-25/h4-8,11,15,17-18H,9-10,12-14H2,1-3H3,(H,23,24,26)/b16-11-. The van der Waals surface area contributed by atoms with Crippen LogP contribution in [0, 0.1) is 0 Å². The second-order valence-electron chi connectivity index (χ2n) is 7.56. The quantitative estimate of drug-likeness (QED) is 0.707. The van der Waals surface area contributed by atoms with Crippen molar-refractivity contribution in [2.24, 2.45) is 0 Å². The molecule has 1 saturated heterocycles. The number of carbonyl (C=O) groups is 1. The first kappa shape index (κ1) is 20.7. The lowest BCUT2D eigenvalue weighted by atomic mass is 10.1. The van der Waals surface area contributed by atoms with Crippen molar-refractivity contribution in [3.05, 3.63) is 58.6 Å². The zero-order chi connectivity index (χ0) is 19.9. The van der Waals surface area contributed by atoms with Gasteiger partial charge in [0.25, 0.3) is 0 Å². The lowest BCUT2D eigenvalue weighted by molar-refractivity contribution is -0.112. The highest BCUT2D eigenvalue weighted by molar-refractivity contribution is 7.13. The molecule has 2 atom stereocenters. The van der Waals surface area contributed by atoms with Gasteiger partial charge in [-0.15, -0.1) is 11.3 Å². The van der Waals surface area contributed by atoms with E-state index >= 15 is 0 Å². The van der Waals surface area contributed by atoms with Crippen LogP contribution in [0.25, 0.3) is 0 Å². The lowest BCUT2D eigenvalue weighted by Crippen LogP contribution is -2.44. The van der Waals surface area contributed by atoms with Gasteiger partial charge in [-0.3, -0.25) is 15.0 Å². The minimum atomic E-state index is -0.111. The first-order valence-electron chi connectivity index (χ1n) is 9.82. The van der Waals surface area contributed by atoms with Crippen LogP contribution in [0.5, 0.6) is 0 Å². The number of allylic oxidation sites excluding steroid dienone is 1. The Morgan fingerprint density at radius 2 is 2.00 bits per heavy atom. The molecule has 2 unspecified atom stereocenters. The van der Waals surface area contributed by atoms with E-state index in [0.29, 0.717) is 5.13 Å². The van der Waals surface area contributed by atoms with Crippen molar-refractivity contribution in [1.82, 2.24) is 9.88 Å². The highest BCUT2D eigenvalue weighted by Crippen LogP contribution is 2.19. The van der Waals surface area contributed by atoms with E-state index in [-0.39, 0.29) is 18.1 Å². The van der Waals surface area contributed by atoms with Crippen LogP contribution in [-0.4, -0.2) is 41.1 Å². The molecule has 28 heavy (non-hydrogen) atoms. The molecule has 0 radical (unpaired) electrons. The van der Waals surface area contributed by atoms with Crippen LogP contribution in [0.4, 0.5) is 5.13 Å². The minimum Gasteiger partial charge on any atom is -0.373 e. The van der Waals surface area contributed by atoms with Gasteiger partial charge in [-0.05, 0) is 39.2 Å².